The van der Waals surface area contributed by atoms with E-state index >= 15 is 0 Å². The van der Waals surface area contributed by atoms with Gasteiger partial charge < -0.3 is 14.7 Å². The molecule has 3 aliphatic heterocycles. The molecule has 3 heterocycles. The normalized spacial score (nSPS) is 20.8. The smallest absolute Gasteiger partial charge is 0.0160 e. The third kappa shape index (κ3) is 19.0. The van der Waals surface area contributed by atoms with Gasteiger partial charge in [-0.15, -0.1) is 0 Å². The Bertz CT molecular complexity index is 301. The molecule has 3 rings (SSSR count). The summed E-state index contributed by atoms with van der Waals surface area (Å²) in [5.41, 5.74) is 0. The van der Waals surface area contributed by atoms with Gasteiger partial charge in [0.25, 0.3) is 0 Å². The first kappa shape index (κ1) is 29.8. The summed E-state index contributed by atoms with van der Waals surface area (Å²) in [4.78, 5) is 7.29. The predicted octanol–water partition coefficient (Wildman–Crippen LogP) is 6.30. The minimum atomic E-state index is 0.762. The van der Waals surface area contributed by atoms with Crippen molar-refractivity contribution in [1.82, 2.24) is 14.7 Å². The van der Waals surface area contributed by atoms with Crippen molar-refractivity contribution < 1.29 is 0 Å². The number of nitrogens with zero attached hydrogens (tertiary/aromatic N) is 3. The van der Waals surface area contributed by atoms with Gasteiger partial charge in [0.2, 0.25) is 0 Å². The highest BCUT2D eigenvalue weighted by Crippen LogP contribution is 2.11. The van der Waals surface area contributed by atoms with E-state index in [4.69, 9.17) is 0 Å². The molecular formula is C25H55N3. The van der Waals surface area contributed by atoms with Crippen molar-refractivity contribution in [3.8, 4) is 0 Å². The lowest BCUT2D eigenvalue weighted by atomic mass is 10.1. The van der Waals surface area contributed by atoms with E-state index in [2.05, 4.69) is 54.8 Å². The molecule has 0 aliphatic carbocycles. The number of piperidine rings is 1. The van der Waals surface area contributed by atoms with Crippen LogP contribution >= 0.6 is 0 Å². The van der Waals surface area contributed by atoms with Crippen LogP contribution in [0.1, 0.15) is 92.9 Å². The maximum absolute atomic E-state index is 2.59. The molecule has 0 aromatic carbocycles. The average molecular weight is 398 g/mol. The Hall–Kier alpha value is -0.380. The molecule has 0 amide bonds. The molecule has 2 saturated heterocycles. The highest BCUT2D eigenvalue weighted by Gasteiger charge is 2.10. The topological polar surface area (TPSA) is 9.72 Å². The summed E-state index contributed by atoms with van der Waals surface area (Å²) in [6.07, 6.45) is 15.7. The minimum absolute atomic E-state index is 0.762. The van der Waals surface area contributed by atoms with Crippen LogP contribution in [-0.2, 0) is 0 Å². The van der Waals surface area contributed by atoms with Gasteiger partial charge in [-0.3, -0.25) is 0 Å². The van der Waals surface area contributed by atoms with E-state index in [1.165, 1.54) is 84.1 Å². The second-order valence-corrected chi connectivity index (χ2v) is 7.93. The van der Waals surface area contributed by atoms with Gasteiger partial charge in [0.15, 0.2) is 0 Å². The molecule has 0 N–H and O–H groups in total. The average Bonchev–Trinajstić information content (AvgIpc) is 3.03. The Kier molecular flexibility index (Phi) is 24.4. The zero-order valence-corrected chi connectivity index (χ0v) is 21.0. The fraction of sp³-hybridized carbons (Fsp3) is 0.920. The van der Waals surface area contributed by atoms with Crippen molar-refractivity contribution in [3.05, 3.63) is 12.2 Å². The van der Waals surface area contributed by atoms with Crippen LogP contribution in [0.2, 0.25) is 0 Å². The summed E-state index contributed by atoms with van der Waals surface area (Å²) >= 11 is 0. The number of hydrogen-bond donors (Lipinski definition) is 0. The van der Waals surface area contributed by atoms with Gasteiger partial charge in [-0.2, -0.15) is 0 Å². The van der Waals surface area contributed by atoms with Gasteiger partial charge in [0, 0.05) is 19.1 Å². The summed E-state index contributed by atoms with van der Waals surface area (Å²) in [6.45, 7) is 20.3. The van der Waals surface area contributed by atoms with Gasteiger partial charge >= 0.3 is 0 Å². The molecule has 3 heteroatoms. The minimum Gasteiger partial charge on any atom is -0.306 e. The molecule has 3 nitrogen and oxygen atoms in total. The molecule has 170 valence electrons. The third-order valence-corrected chi connectivity index (χ3v) is 5.21. The van der Waals surface area contributed by atoms with Crippen LogP contribution in [0, 0.1) is 0 Å². The highest BCUT2D eigenvalue weighted by atomic mass is 15.1. The molecule has 0 aromatic rings. The number of likely N-dealkylation sites (N-methyl/N-ethyl adjacent to an activating group) is 1. The number of hydrogen-bond acceptors (Lipinski definition) is 3. The molecule has 0 aromatic heterocycles. The van der Waals surface area contributed by atoms with Crippen LogP contribution in [0.25, 0.3) is 0 Å². The van der Waals surface area contributed by atoms with Crippen molar-refractivity contribution in [3.63, 3.8) is 0 Å². The van der Waals surface area contributed by atoms with Crippen LogP contribution in [-0.4, -0.2) is 74.1 Å². The van der Waals surface area contributed by atoms with Gasteiger partial charge in [0.1, 0.15) is 0 Å². The van der Waals surface area contributed by atoms with E-state index in [0.717, 1.165) is 12.6 Å². The maximum Gasteiger partial charge on any atom is 0.0160 e. The second-order valence-electron chi connectivity index (χ2n) is 7.93. The largest absolute Gasteiger partial charge is 0.306 e. The lowest BCUT2D eigenvalue weighted by Crippen LogP contribution is -2.31. The van der Waals surface area contributed by atoms with E-state index in [-0.39, 0.29) is 0 Å². The predicted molar refractivity (Wildman–Crippen MR) is 130 cm³/mol. The summed E-state index contributed by atoms with van der Waals surface area (Å²) in [5, 5.41) is 0. The molecule has 0 spiro atoms. The van der Waals surface area contributed by atoms with Crippen molar-refractivity contribution in [2.75, 3.05) is 53.4 Å². The molecule has 0 bridgehead atoms. The quantitative estimate of drug-likeness (QED) is 0.480. The lowest BCUT2D eigenvalue weighted by Gasteiger charge is -2.23. The Morgan fingerprint density at radius 3 is 1.32 bits per heavy atom. The fourth-order valence-corrected chi connectivity index (χ4v) is 3.42. The van der Waals surface area contributed by atoms with E-state index in [1.54, 1.807) is 0 Å². The number of rotatable bonds is 1. The van der Waals surface area contributed by atoms with E-state index in [9.17, 15) is 0 Å². The first-order valence-corrected chi connectivity index (χ1v) is 12.4. The van der Waals surface area contributed by atoms with Gasteiger partial charge in [-0.25, -0.2) is 0 Å². The van der Waals surface area contributed by atoms with Crippen LogP contribution in [0.3, 0.4) is 0 Å². The second kappa shape index (κ2) is 22.9. The van der Waals surface area contributed by atoms with Crippen LogP contribution < -0.4 is 0 Å². The summed E-state index contributed by atoms with van der Waals surface area (Å²) in [6, 6.07) is 0.762. The first-order valence-electron chi connectivity index (χ1n) is 12.4. The van der Waals surface area contributed by atoms with Crippen LogP contribution in [0.4, 0.5) is 0 Å². The van der Waals surface area contributed by atoms with Crippen molar-refractivity contribution in [1.29, 1.82) is 0 Å². The molecule has 0 atom stereocenters. The van der Waals surface area contributed by atoms with E-state index in [0.29, 0.717) is 0 Å². The Morgan fingerprint density at radius 2 is 1.04 bits per heavy atom. The zero-order chi connectivity index (χ0) is 21.6. The molecule has 2 fully saturated rings. The highest BCUT2D eigenvalue weighted by molar-refractivity contribution is 4.89. The standard InChI is InChI=1S/C9H19N.C6H13N.C6H11N.2C2H6/c1-9(2)10-7-5-3-4-6-8-10;2*1-7-5-3-2-4-6-7;2*1-2/h9H,3-8H2,1-2H3;2-6H2,1H3;2-3H,4-6H2,1H3;2*1-2H3. The first-order chi connectivity index (χ1) is 13.6. The zero-order valence-electron chi connectivity index (χ0n) is 21.0. The molecule has 3 aliphatic rings. The lowest BCUT2D eigenvalue weighted by molar-refractivity contribution is 0.231. The van der Waals surface area contributed by atoms with Crippen molar-refractivity contribution >= 4 is 0 Å². The fourth-order valence-electron chi connectivity index (χ4n) is 3.42. The van der Waals surface area contributed by atoms with Crippen molar-refractivity contribution in [2.45, 2.75) is 99.0 Å². The summed E-state index contributed by atoms with van der Waals surface area (Å²) < 4.78 is 0. The maximum atomic E-state index is 2.59. The molecular weight excluding hydrogens is 342 g/mol. The van der Waals surface area contributed by atoms with Gasteiger partial charge in [0.05, 0.1) is 0 Å². The summed E-state index contributed by atoms with van der Waals surface area (Å²) in [5.74, 6) is 0. The molecule has 0 saturated carbocycles. The monoisotopic (exact) mass is 397 g/mol. The molecule has 0 unspecified atom stereocenters. The van der Waals surface area contributed by atoms with E-state index in [1.807, 2.05) is 27.7 Å². The SMILES string of the molecule is CC.CC.CC(C)N1CCCCCC1.CN1CC=CCC1.CN1CCCCC1. The number of likely N-dealkylation sites (tertiary alicyclic amines) is 2. The summed E-state index contributed by atoms with van der Waals surface area (Å²) in [7, 11) is 4.34. The van der Waals surface area contributed by atoms with Crippen LogP contribution in [0.5, 0.6) is 0 Å². The van der Waals surface area contributed by atoms with E-state index < -0.39 is 0 Å². The van der Waals surface area contributed by atoms with Gasteiger partial charge in [-0.1, -0.05) is 59.1 Å². The molecule has 28 heavy (non-hydrogen) atoms. The van der Waals surface area contributed by atoms with Crippen LogP contribution in [0.15, 0.2) is 12.2 Å². The Morgan fingerprint density at radius 1 is 0.571 bits per heavy atom. The van der Waals surface area contributed by atoms with Crippen molar-refractivity contribution in [2.24, 2.45) is 0 Å². The molecule has 0 radical (unpaired) electrons. The van der Waals surface area contributed by atoms with Gasteiger partial charge in [-0.05, 0) is 86.2 Å². The Labute approximate surface area is 179 Å². The Balaban J connectivity index is 0. The third-order valence-electron chi connectivity index (χ3n) is 5.21.